The van der Waals surface area contributed by atoms with E-state index in [0.29, 0.717) is 6.42 Å². The molecular weight excluding hydrogens is 621 g/mol. The Labute approximate surface area is 201 Å². The highest BCUT2D eigenvalue weighted by Gasteiger charge is 2.77. The van der Waals surface area contributed by atoms with Crippen molar-refractivity contribution in [2.75, 3.05) is 5.75 Å². The van der Waals surface area contributed by atoms with Crippen LogP contribution in [0.5, 0.6) is 0 Å². The first-order chi connectivity index (χ1) is 15.3. The van der Waals surface area contributed by atoms with Crippen LogP contribution in [-0.2, 0) is 38.7 Å². The summed E-state index contributed by atoms with van der Waals surface area (Å²) in [5.41, 5.74) is -5.60. The van der Waals surface area contributed by atoms with Gasteiger partial charge in [0.25, 0.3) is 10.1 Å². The van der Waals surface area contributed by atoms with Crippen molar-refractivity contribution in [2.45, 2.75) is 53.9 Å². The summed E-state index contributed by atoms with van der Waals surface area (Å²) < 4.78 is 126. The molecule has 2 bridgehead atoms. The number of esters is 3. The van der Waals surface area contributed by atoms with Gasteiger partial charge in [-0.2, -0.15) is 34.8 Å². The highest BCUT2D eigenvalue weighted by Crippen LogP contribution is 2.60. The summed E-state index contributed by atoms with van der Waals surface area (Å²) in [7, 11) is -5.97. The Balaban J connectivity index is 1.97. The zero-order chi connectivity index (χ0) is 26.0. The molecule has 1 saturated heterocycles. The van der Waals surface area contributed by atoms with Crippen LogP contribution < -0.4 is 0 Å². The second kappa shape index (κ2) is 8.63. The minimum absolute atomic E-state index is 0.0832. The van der Waals surface area contributed by atoms with Crippen LogP contribution in [0.4, 0.5) is 26.3 Å². The lowest BCUT2D eigenvalue weighted by Crippen LogP contribution is -2.64. The number of fused-ring (bicyclic) bond motifs is 1. The summed E-state index contributed by atoms with van der Waals surface area (Å²) in [6.07, 6.45) is -15.1. The summed E-state index contributed by atoms with van der Waals surface area (Å²) in [5.74, 6) is -12.5. The van der Waals surface area contributed by atoms with Gasteiger partial charge in [-0.15, -0.1) is 0 Å². The summed E-state index contributed by atoms with van der Waals surface area (Å²) in [6, 6.07) is 0. The van der Waals surface area contributed by atoms with Gasteiger partial charge in [-0.3, -0.25) is 18.9 Å². The van der Waals surface area contributed by atoms with Crippen LogP contribution in [0.25, 0.3) is 0 Å². The van der Waals surface area contributed by atoms with Gasteiger partial charge in [0.05, 0.1) is 11.8 Å². The third kappa shape index (κ3) is 4.46. The van der Waals surface area contributed by atoms with Gasteiger partial charge < -0.3 is 14.2 Å². The SMILES string of the molecule is CCC(I)C(=O)OC1C2CC3C1OC(=O)C3C2C(=O)OC(CS(=O)(=O)O)(C(F)(F)F)C(F)(F)F. The smallest absolute Gasteiger partial charge is 0.438 e. The topological polar surface area (TPSA) is 133 Å². The van der Waals surface area contributed by atoms with E-state index in [-0.39, 0.29) is 6.42 Å². The van der Waals surface area contributed by atoms with Crippen LogP contribution in [0.2, 0.25) is 0 Å². The van der Waals surface area contributed by atoms with Crippen molar-refractivity contribution in [1.82, 2.24) is 0 Å². The lowest BCUT2D eigenvalue weighted by atomic mass is 9.78. The minimum Gasteiger partial charge on any atom is -0.458 e. The van der Waals surface area contributed by atoms with Gasteiger partial charge >= 0.3 is 35.9 Å². The van der Waals surface area contributed by atoms with Crippen LogP contribution in [0.1, 0.15) is 19.8 Å². The standard InChI is InChI=1S/C17H17F6IO9S/c1-2-7(24)12(25)31-10-6-3-5-8(13(26)32-11(5)10)9(6)14(27)33-15(16(18,19)20,17(21,22)23)4-34(28,29)30/h5-11H,2-4H2,1H3,(H,28,29,30). The maximum absolute atomic E-state index is 13.5. The van der Waals surface area contributed by atoms with E-state index in [4.69, 9.17) is 14.0 Å². The Hall–Kier alpha value is -1.37. The number of carbonyl (C=O) groups is 3. The van der Waals surface area contributed by atoms with E-state index >= 15 is 0 Å². The molecule has 1 heterocycles. The molecule has 0 aromatic heterocycles. The third-order valence-corrected chi connectivity index (χ3v) is 8.42. The van der Waals surface area contributed by atoms with Crippen molar-refractivity contribution >= 4 is 50.6 Å². The molecule has 0 aromatic rings. The van der Waals surface area contributed by atoms with Crippen molar-refractivity contribution < 1.29 is 67.9 Å². The molecule has 2 saturated carbocycles. The molecule has 17 heteroatoms. The van der Waals surface area contributed by atoms with E-state index in [0.717, 1.165) is 0 Å². The second-order valence-corrected chi connectivity index (χ2v) is 11.2. The largest absolute Gasteiger partial charge is 0.458 e. The van der Waals surface area contributed by atoms with Crippen molar-refractivity contribution in [3.05, 3.63) is 0 Å². The predicted octanol–water partition coefficient (Wildman–Crippen LogP) is 2.21. The monoisotopic (exact) mass is 638 g/mol. The first-order valence-electron chi connectivity index (χ1n) is 9.71. The van der Waals surface area contributed by atoms with E-state index in [1.165, 1.54) is 0 Å². The zero-order valence-corrected chi connectivity index (χ0v) is 19.9. The fourth-order valence-corrected chi connectivity index (χ4v) is 5.86. The Kier molecular flexibility index (Phi) is 6.91. The van der Waals surface area contributed by atoms with E-state index in [9.17, 15) is 49.1 Å². The number of carbonyl (C=O) groups excluding carboxylic acids is 3. The molecule has 1 N–H and O–H groups in total. The van der Waals surface area contributed by atoms with Crippen molar-refractivity contribution in [2.24, 2.45) is 23.7 Å². The maximum Gasteiger partial charge on any atom is 0.438 e. The third-order valence-electron chi connectivity index (χ3n) is 6.26. The van der Waals surface area contributed by atoms with Gasteiger partial charge in [0.15, 0.2) is 0 Å². The Bertz CT molecular complexity index is 967. The first-order valence-corrected chi connectivity index (χ1v) is 12.6. The van der Waals surface area contributed by atoms with Crippen LogP contribution in [-0.4, -0.2) is 70.7 Å². The van der Waals surface area contributed by atoms with Crippen LogP contribution in [0.3, 0.4) is 0 Å². The van der Waals surface area contributed by atoms with Crippen molar-refractivity contribution in [3.8, 4) is 0 Å². The summed E-state index contributed by atoms with van der Waals surface area (Å²) in [5, 5.41) is 0. The Morgan fingerprint density at radius 3 is 2.21 bits per heavy atom. The molecule has 0 aromatic carbocycles. The molecule has 1 aliphatic heterocycles. The van der Waals surface area contributed by atoms with E-state index in [1.54, 1.807) is 29.5 Å². The molecule has 0 amide bonds. The van der Waals surface area contributed by atoms with Gasteiger partial charge in [-0.25, -0.2) is 0 Å². The maximum atomic E-state index is 13.5. The van der Waals surface area contributed by atoms with Gasteiger partial charge in [-0.1, -0.05) is 29.5 Å². The van der Waals surface area contributed by atoms with Crippen molar-refractivity contribution in [3.63, 3.8) is 0 Å². The number of alkyl halides is 7. The molecule has 2 aliphatic carbocycles. The second-order valence-electron chi connectivity index (χ2n) is 8.26. The molecule has 3 aliphatic rings. The van der Waals surface area contributed by atoms with E-state index in [1.807, 2.05) is 0 Å². The number of ether oxygens (including phenoxy) is 3. The number of halogens is 7. The Morgan fingerprint density at radius 2 is 1.74 bits per heavy atom. The van der Waals surface area contributed by atoms with Crippen LogP contribution >= 0.6 is 22.6 Å². The molecule has 7 atom stereocenters. The fourth-order valence-electron chi connectivity index (χ4n) is 4.81. The average Bonchev–Trinajstić information content (AvgIpc) is 3.27. The van der Waals surface area contributed by atoms with Crippen LogP contribution in [0, 0.1) is 23.7 Å². The summed E-state index contributed by atoms with van der Waals surface area (Å²) in [6.45, 7) is 1.65. The molecule has 0 spiro atoms. The number of hydrogen-bond acceptors (Lipinski definition) is 8. The van der Waals surface area contributed by atoms with E-state index in [2.05, 4.69) is 4.74 Å². The quantitative estimate of drug-likeness (QED) is 0.111. The van der Waals surface area contributed by atoms with Crippen LogP contribution in [0.15, 0.2) is 0 Å². The predicted molar refractivity (Wildman–Crippen MR) is 104 cm³/mol. The van der Waals surface area contributed by atoms with Crippen molar-refractivity contribution in [1.29, 1.82) is 0 Å². The molecular formula is C17H17F6IO9S. The first kappa shape index (κ1) is 27.2. The number of hydrogen-bond donors (Lipinski definition) is 1. The summed E-state index contributed by atoms with van der Waals surface area (Å²) >= 11 is 1.74. The van der Waals surface area contributed by atoms with Gasteiger partial charge in [0.2, 0.25) is 0 Å². The molecule has 194 valence electrons. The molecule has 0 radical (unpaired) electrons. The highest BCUT2D eigenvalue weighted by atomic mass is 127. The fraction of sp³-hybridized carbons (Fsp3) is 0.824. The summed E-state index contributed by atoms with van der Waals surface area (Å²) in [4.78, 5) is 37.2. The molecule has 9 nitrogen and oxygen atoms in total. The lowest BCUT2D eigenvalue weighted by molar-refractivity contribution is -0.362. The van der Waals surface area contributed by atoms with Gasteiger partial charge in [0, 0.05) is 11.8 Å². The average molecular weight is 638 g/mol. The van der Waals surface area contributed by atoms with Gasteiger partial charge in [0.1, 0.15) is 21.9 Å². The van der Waals surface area contributed by atoms with E-state index < -0.39 is 91.5 Å². The normalized spacial score (nSPS) is 31.9. The number of rotatable bonds is 7. The molecule has 3 fully saturated rings. The molecule has 34 heavy (non-hydrogen) atoms. The molecule has 7 unspecified atom stereocenters. The highest BCUT2D eigenvalue weighted by molar-refractivity contribution is 14.1. The lowest BCUT2D eigenvalue weighted by Gasteiger charge is -2.38. The minimum atomic E-state index is -6.51. The zero-order valence-electron chi connectivity index (χ0n) is 16.9. The Morgan fingerprint density at radius 1 is 1.18 bits per heavy atom. The molecule has 3 rings (SSSR count). The van der Waals surface area contributed by atoms with Gasteiger partial charge in [-0.05, 0) is 12.8 Å².